The van der Waals surface area contributed by atoms with Gasteiger partial charge in [-0.15, -0.1) is 0 Å². The van der Waals surface area contributed by atoms with Crippen molar-refractivity contribution in [2.45, 2.75) is 51.4 Å². The van der Waals surface area contributed by atoms with Crippen LogP contribution in [0, 0.1) is 0 Å². The maximum atomic E-state index is 13.1. The average Bonchev–Trinajstić information content (AvgIpc) is 3.01. The van der Waals surface area contributed by atoms with Gasteiger partial charge in [0.2, 0.25) is 0 Å². The number of para-hydroxylation sites is 1. The minimum Gasteiger partial charge on any atom is -0.348 e. The maximum Gasteiger partial charge on any atom is 0.272 e. The largest absolute Gasteiger partial charge is 0.348 e. The molecule has 0 aliphatic carbocycles. The topological polar surface area (TPSA) is 53.4 Å². The highest BCUT2D eigenvalue weighted by Crippen LogP contribution is 2.27. The second-order valence-corrected chi connectivity index (χ2v) is 8.67. The molecule has 0 spiro atoms. The number of nitrogens with one attached hydrogen (secondary N) is 1. The van der Waals surface area contributed by atoms with Crippen LogP contribution >= 0.6 is 0 Å². The van der Waals surface area contributed by atoms with E-state index < -0.39 is 0 Å². The van der Waals surface area contributed by atoms with Gasteiger partial charge in [-0.05, 0) is 46.9 Å². The van der Waals surface area contributed by atoms with E-state index in [9.17, 15) is 4.79 Å². The molecule has 0 saturated carbocycles. The van der Waals surface area contributed by atoms with Crippen LogP contribution in [0.5, 0.6) is 0 Å². The van der Waals surface area contributed by atoms with E-state index in [1.807, 2.05) is 28.9 Å². The van der Waals surface area contributed by atoms with E-state index in [1.165, 1.54) is 5.57 Å². The summed E-state index contributed by atoms with van der Waals surface area (Å²) in [6.07, 6.45) is 4.13. The van der Waals surface area contributed by atoms with Crippen LogP contribution < -0.4 is 5.32 Å². The Kier molecular flexibility index (Phi) is 5.25. The van der Waals surface area contributed by atoms with Crippen LogP contribution in [0.25, 0.3) is 10.9 Å². The summed E-state index contributed by atoms with van der Waals surface area (Å²) < 4.78 is 1.93. The first kappa shape index (κ1) is 19.2. The molecule has 4 rings (SSSR count). The Morgan fingerprint density at radius 2 is 1.86 bits per heavy atom. The third-order valence-corrected chi connectivity index (χ3v) is 6.19. The number of hydrogen-bond acceptors (Lipinski definition) is 4. The molecule has 0 radical (unpaired) electrons. The van der Waals surface area contributed by atoms with Gasteiger partial charge in [-0.1, -0.05) is 29.8 Å². The number of likely N-dealkylation sites (tertiary alicyclic amines) is 1. The van der Waals surface area contributed by atoms with Crippen molar-refractivity contribution in [2.24, 2.45) is 0 Å². The lowest BCUT2D eigenvalue weighted by Gasteiger charge is -2.50. The molecule has 1 aromatic heterocycles. The van der Waals surface area contributed by atoms with Gasteiger partial charge in [0.05, 0.1) is 12.1 Å². The number of hydrogen-bond donors (Lipinski definition) is 1. The third-order valence-electron chi connectivity index (χ3n) is 6.19. The third kappa shape index (κ3) is 3.71. The van der Waals surface area contributed by atoms with Gasteiger partial charge in [0.1, 0.15) is 0 Å². The first-order chi connectivity index (χ1) is 13.4. The Labute approximate surface area is 167 Å². The van der Waals surface area contributed by atoms with Gasteiger partial charge < -0.3 is 10.2 Å². The Balaban J connectivity index is 1.54. The highest BCUT2D eigenvalue weighted by atomic mass is 16.2. The molecular weight excluding hydrogens is 350 g/mol. The zero-order valence-corrected chi connectivity index (χ0v) is 17.4. The van der Waals surface area contributed by atoms with Gasteiger partial charge in [-0.2, -0.15) is 5.10 Å². The summed E-state index contributed by atoms with van der Waals surface area (Å²) in [6, 6.07) is 9.24. The molecule has 1 amide bonds. The molecule has 2 saturated heterocycles. The Hall–Kier alpha value is -2.18. The van der Waals surface area contributed by atoms with E-state index in [0.29, 0.717) is 24.3 Å². The van der Waals surface area contributed by atoms with Crippen LogP contribution in [0.1, 0.15) is 37.2 Å². The minimum absolute atomic E-state index is 0.0480. The molecule has 2 aliphatic rings. The summed E-state index contributed by atoms with van der Waals surface area (Å²) in [5.41, 5.74) is 2.79. The number of piperidine rings is 1. The average molecular weight is 382 g/mol. The van der Waals surface area contributed by atoms with Crippen LogP contribution in [0.3, 0.4) is 0 Å². The predicted molar refractivity (Wildman–Crippen MR) is 112 cm³/mol. The monoisotopic (exact) mass is 381 g/mol. The van der Waals surface area contributed by atoms with E-state index in [2.05, 4.69) is 54.2 Å². The fourth-order valence-electron chi connectivity index (χ4n) is 4.66. The smallest absolute Gasteiger partial charge is 0.272 e. The lowest BCUT2D eigenvalue weighted by molar-refractivity contribution is 0.00837. The van der Waals surface area contributed by atoms with Crippen molar-refractivity contribution in [2.75, 3.05) is 27.2 Å². The molecule has 150 valence electrons. The number of fused-ring (bicyclic) bond motifs is 3. The van der Waals surface area contributed by atoms with Crippen molar-refractivity contribution in [3.8, 4) is 0 Å². The predicted octanol–water partition coefficient (Wildman–Crippen LogP) is 2.51. The van der Waals surface area contributed by atoms with Crippen LogP contribution in [0.15, 0.2) is 35.9 Å². The summed E-state index contributed by atoms with van der Waals surface area (Å²) in [7, 11) is 4.41. The molecule has 1 N–H and O–H groups in total. The van der Waals surface area contributed by atoms with Crippen molar-refractivity contribution in [1.29, 1.82) is 0 Å². The number of carbonyl (C=O) groups is 1. The number of aromatic nitrogens is 2. The fraction of sp³-hybridized carbons (Fsp3) is 0.545. The highest BCUT2D eigenvalue weighted by molar-refractivity contribution is 6.05. The normalized spacial score (nSPS) is 25.6. The van der Waals surface area contributed by atoms with Crippen LogP contribution in [-0.2, 0) is 6.54 Å². The summed E-state index contributed by atoms with van der Waals surface area (Å²) in [5.74, 6) is -0.0480. The van der Waals surface area contributed by atoms with Gasteiger partial charge in [-0.3, -0.25) is 14.4 Å². The number of carbonyl (C=O) groups excluding carboxylic acids is 1. The molecule has 3 heterocycles. The summed E-state index contributed by atoms with van der Waals surface area (Å²) >= 11 is 0. The minimum atomic E-state index is -0.0480. The standard InChI is InChI=1S/C22H31N5O/c1-15(2)9-10-27-20-8-6-5-7-19(20)21(24-27)22(28)23-16-11-17-13-25(3)14-18(12-16)26(17)4/h5-9,16-18H,10-14H2,1-4H3,(H,23,28). The number of rotatable bonds is 4. The first-order valence-electron chi connectivity index (χ1n) is 10.2. The zero-order chi connectivity index (χ0) is 19.8. The highest BCUT2D eigenvalue weighted by Gasteiger charge is 2.38. The van der Waals surface area contributed by atoms with E-state index in [-0.39, 0.29) is 11.9 Å². The summed E-state index contributed by atoms with van der Waals surface area (Å²) in [4.78, 5) is 18.0. The lowest BCUT2D eigenvalue weighted by atomic mass is 9.88. The van der Waals surface area contributed by atoms with Crippen LogP contribution in [-0.4, -0.2) is 70.8 Å². The lowest BCUT2D eigenvalue weighted by Crippen LogP contribution is -2.63. The molecule has 2 atom stereocenters. The molecule has 2 fully saturated rings. The van der Waals surface area contributed by atoms with E-state index in [1.54, 1.807) is 0 Å². The quantitative estimate of drug-likeness (QED) is 0.827. The Morgan fingerprint density at radius 3 is 2.54 bits per heavy atom. The first-order valence-corrected chi connectivity index (χ1v) is 10.2. The van der Waals surface area contributed by atoms with E-state index in [4.69, 9.17) is 0 Å². The maximum absolute atomic E-state index is 13.1. The number of amides is 1. The van der Waals surface area contributed by atoms with Gasteiger partial charge in [0.15, 0.2) is 5.69 Å². The van der Waals surface area contributed by atoms with Crippen LogP contribution in [0.2, 0.25) is 0 Å². The van der Waals surface area contributed by atoms with Crippen LogP contribution in [0.4, 0.5) is 0 Å². The number of allylic oxidation sites excluding steroid dienone is 2. The Morgan fingerprint density at radius 1 is 1.18 bits per heavy atom. The van der Waals surface area contributed by atoms with Crippen molar-refractivity contribution in [3.05, 3.63) is 41.6 Å². The molecule has 6 heteroatoms. The van der Waals surface area contributed by atoms with E-state index in [0.717, 1.165) is 36.8 Å². The second-order valence-electron chi connectivity index (χ2n) is 8.67. The molecule has 1 aromatic carbocycles. The van der Waals surface area contributed by atoms with Gasteiger partial charge >= 0.3 is 0 Å². The van der Waals surface area contributed by atoms with Crippen molar-refractivity contribution < 1.29 is 4.79 Å². The van der Waals surface area contributed by atoms with E-state index >= 15 is 0 Å². The summed E-state index contributed by atoms with van der Waals surface area (Å²) in [5, 5.41) is 8.89. The fourth-order valence-corrected chi connectivity index (χ4v) is 4.66. The zero-order valence-electron chi connectivity index (χ0n) is 17.4. The Bertz CT molecular complexity index is 881. The summed E-state index contributed by atoms with van der Waals surface area (Å²) in [6.45, 7) is 6.97. The second kappa shape index (κ2) is 7.68. The molecule has 2 aliphatic heterocycles. The molecule has 2 aromatic rings. The van der Waals surface area contributed by atoms with Crippen molar-refractivity contribution >= 4 is 16.8 Å². The van der Waals surface area contributed by atoms with Gasteiger partial charge in [0, 0.05) is 36.6 Å². The molecule has 2 bridgehead atoms. The SMILES string of the molecule is CC(C)=CCn1nc(C(=O)NC2CC3CN(C)CC(C2)N3C)c2ccccc21. The number of likely N-dealkylation sites (N-methyl/N-ethyl adjacent to an activating group) is 2. The molecule has 6 nitrogen and oxygen atoms in total. The molecule has 2 unspecified atom stereocenters. The van der Waals surface area contributed by atoms with Crippen molar-refractivity contribution in [1.82, 2.24) is 24.9 Å². The number of benzene rings is 1. The number of nitrogens with zero attached hydrogens (tertiary/aromatic N) is 4. The number of piperazine rings is 1. The van der Waals surface area contributed by atoms with Crippen molar-refractivity contribution in [3.63, 3.8) is 0 Å². The molecule has 28 heavy (non-hydrogen) atoms. The van der Waals surface area contributed by atoms with Gasteiger partial charge in [-0.25, -0.2) is 0 Å². The molecular formula is C22H31N5O. The van der Waals surface area contributed by atoms with Gasteiger partial charge in [0.25, 0.3) is 5.91 Å².